The average molecular weight is 497 g/mol. The molecule has 1 aliphatic heterocycles. The predicted octanol–water partition coefficient (Wildman–Crippen LogP) is 2.85. The molecule has 0 amide bonds. The van der Waals surface area contributed by atoms with Crippen LogP contribution in [0.4, 0.5) is 5.82 Å². The summed E-state index contributed by atoms with van der Waals surface area (Å²) in [5.41, 5.74) is 3.08. The maximum Gasteiger partial charge on any atom is 0.332 e. The fourth-order valence-electron chi connectivity index (χ4n) is 4.28. The lowest BCUT2D eigenvalue weighted by Crippen LogP contribution is -2.42. The van der Waals surface area contributed by atoms with E-state index in [9.17, 15) is 14.4 Å². The zero-order valence-corrected chi connectivity index (χ0v) is 17.9. The zero-order chi connectivity index (χ0) is 20.4. The summed E-state index contributed by atoms with van der Waals surface area (Å²) < 4.78 is 3.54. The quantitative estimate of drug-likeness (QED) is 0.525. The van der Waals surface area contributed by atoms with E-state index >= 15 is 0 Å². The van der Waals surface area contributed by atoms with E-state index in [4.69, 9.17) is 0 Å². The zero-order valence-electron chi connectivity index (χ0n) is 15.7. The Labute approximate surface area is 179 Å². The van der Waals surface area contributed by atoms with Crippen LogP contribution >= 0.6 is 22.6 Å². The van der Waals surface area contributed by atoms with Crippen molar-refractivity contribution in [2.45, 2.75) is 5.92 Å². The molecule has 1 aliphatic carbocycles. The summed E-state index contributed by atoms with van der Waals surface area (Å²) in [6, 6.07) is 15.2. The van der Waals surface area contributed by atoms with E-state index in [0.717, 1.165) is 19.3 Å². The lowest BCUT2D eigenvalue weighted by atomic mass is 9.81. The van der Waals surface area contributed by atoms with Crippen LogP contribution < -0.4 is 16.6 Å². The first kappa shape index (κ1) is 18.1. The topological polar surface area (TPSA) is 73.1 Å². The van der Waals surface area contributed by atoms with Crippen LogP contribution in [0.15, 0.2) is 63.7 Å². The van der Waals surface area contributed by atoms with Crippen molar-refractivity contribution in [2.24, 2.45) is 14.1 Å². The predicted molar refractivity (Wildman–Crippen MR) is 119 cm³/mol. The second kappa shape index (κ2) is 6.28. The molecule has 1 unspecified atom stereocenters. The first-order chi connectivity index (χ1) is 13.9. The molecule has 0 spiro atoms. The molecule has 29 heavy (non-hydrogen) atoms. The fourth-order valence-corrected chi connectivity index (χ4v) is 4.84. The number of hydrogen-bond donors (Lipinski definition) is 1. The highest BCUT2D eigenvalue weighted by Crippen LogP contribution is 2.47. The van der Waals surface area contributed by atoms with Crippen molar-refractivity contribution in [1.82, 2.24) is 9.13 Å². The summed E-state index contributed by atoms with van der Waals surface area (Å²) in [5, 5.41) is 3.24. The Hall–Kier alpha value is -2.94. The van der Waals surface area contributed by atoms with E-state index in [2.05, 4.69) is 27.9 Å². The summed E-state index contributed by atoms with van der Waals surface area (Å²) in [4.78, 5) is 39.1. The summed E-state index contributed by atoms with van der Waals surface area (Å²) in [7, 11) is 3.10. The monoisotopic (exact) mass is 497 g/mol. The third-order valence-corrected chi connectivity index (χ3v) is 6.33. The number of nitrogens with zero attached hydrogens (tertiary/aromatic N) is 2. The molecule has 0 fully saturated rings. The number of nitrogens with one attached hydrogen (secondary N) is 1. The van der Waals surface area contributed by atoms with Gasteiger partial charge in [-0.25, -0.2) is 4.79 Å². The third kappa shape index (κ3) is 2.43. The number of carbonyl (C=O) groups excluding carboxylic acids is 1. The minimum atomic E-state index is -0.554. The lowest BCUT2D eigenvalue weighted by molar-refractivity contribution is 0.103. The Morgan fingerprint density at radius 1 is 0.931 bits per heavy atom. The maximum absolute atomic E-state index is 13.4. The minimum absolute atomic E-state index is 0.0893. The fraction of sp³-hybridized carbons (Fsp3) is 0.136. The van der Waals surface area contributed by atoms with Crippen LogP contribution in [0, 0.1) is 3.57 Å². The van der Waals surface area contributed by atoms with Gasteiger partial charge in [-0.3, -0.25) is 18.7 Å². The lowest BCUT2D eigenvalue weighted by Gasteiger charge is -2.29. The maximum atomic E-state index is 13.4. The van der Waals surface area contributed by atoms with E-state index in [1.165, 1.54) is 11.6 Å². The largest absolute Gasteiger partial charge is 0.340 e. The van der Waals surface area contributed by atoms with Gasteiger partial charge in [0.25, 0.3) is 5.56 Å². The summed E-state index contributed by atoms with van der Waals surface area (Å²) >= 11 is 2.22. The molecule has 2 heterocycles. The van der Waals surface area contributed by atoms with Crippen molar-refractivity contribution in [3.8, 4) is 0 Å². The van der Waals surface area contributed by atoms with Gasteiger partial charge in [0, 0.05) is 40.3 Å². The molecular formula is C22H16IN3O3. The average Bonchev–Trinajstić information content (AvgIpc) is 3.01. The molecule has 5 rings (SSSR count). The molecule has 144 valence electrons. The van der Waals surface area contributed by atoms with Gasteiger partial charge in [0.2, 0.25) is 0 Å². The van der Waals surface area contributed by atoms with Crippen LogP contribution in [0.3, 0.4) is 0 Å². The first-order valence-electron chi connectivity index (χ1n) is 9.10. The van der Waals surface area contributed by atoms with Gasteiger partial charge >= 0.3 is 5.69 Å². The van der Waals surface area contributed by atoms with Gasteiger partial charge in [0.05, 0.1) is 11.3 Å². The van der Waals surface area contributed by atoms with Crippen molar-refractivity contribution in [3.63, 3.8) is 0 Å². The van der Waals surface area contributed by atoms with Crippen molar-refractivity contribution in [1.29, 1.82) is 0 Å². The number of ketones is 1. The standard InChI is InChI=1S/C22H16IN3O3/c1-25-20-17(21(28)26(2)22(25)29)15(11-6-5-7-12(23)10-11)16-18(24-20)13-8-3-4-9-14(13)19(16)27/h3-10,15,24H,1-2H3. The highest BCUT2D eigenvalue weighted by molar-refractivity contribution is 14.1. The van der Waals surface area contributed by atoms with Gasteiger partial charge in [-0.1, -0.05) is 36.4 Å². The second-order valence-corrected chi connectivity index (χ2v) is 8.49. The van der Waals surface area contributed by atoms with Crippen LogP contribution in [0.25, 0.3) is 5.70 Å². The number of rotatable bonds is 1. The number of fused-ring (bicyclic) bond motifs is 3. The Bertz CT molecular complexity index is 1380. The molecular weight excluding hydrogens is 481 g/mol. The third-order valence-electron chi connectivity index (χ3n) is 5.66. The molecule has 3 aromatic rings. The van der Waals surface area contributed by atoms with E-state index < -0.39 is 17.2 Å². The van der Waals surface area contributed by atoms with Crippen molar-refractivity contribution in [3.05, 3.63) is 101 Å². The SMILES string of the molecule is Cn1c2c(c(=O)n(C)c1=O)C(c1cccc(I)c1)C1=C(N2)c2ccccc2C1=O. The van der Waals surface area contributed by atoms with Crippen LogP contribution in [0.2, 0.25) is 0 Å². The number of aromatic nitrogens is 2. The number of benzene rings is 2. The Kier molecular flexibility index (Phi) is 3.92. The number of halogens is 1. The normalized spacial score (nSPS) is 16.9. The molecule has 0 saturated heterocycles. The molecule has 1 aromatic heterocycles. The number of anilines is 1. The number of allylic oxidation sites excluding steroid dienone is 1. The highest BCUT2D eigenvalue weighted by Gasteiger charge is 2.42. The van der Waals surface area contributed by atoms with Crippen LogP contribution in [-0.4, -0.2) is 14.9 Å². The number of Topliss-reactive ketones (excluding diaryl/α,β-unsaturated/α-hetero) is 1. The van der Waals surface area contributed by atoms with Gasteiger partial charge in [-0.05, 0) is 40.3 Å². The highest BCUT2D eigenvalue weighted by atomic mass is 127. The summed E-state index contributed by atoms with van der Waals surface area (Å²) in [6.45, 7) is 0. The molecule has 2 aromatic carbocycles. The molecule has 1 atom stereocenters. The molecule has 2 aliphatic rings. The van der Waals surface area contributed by atoms with Crippen LogP contribution in [0.1, 0.15) is 33.0 Å². The molecule has 0 saturated carbocycles. The number of hydrogen-bond acceptors (Lipinski definition) is 4. The van der Waals surface area contributed by atoms with Gasteiger partial charge < -0.3 is 5.32 Å². The first-order valence-corrected chi connectivity index (χ1v) is 10.2. The molecule has 6 nitrogen and oxygen atoms in total. The van der Waals surface area contributed by atoms with E-state index in [1.807, 2.05) is 42.5 Å². The summed E-state index contributed by atoms with van der Waals surface area (Å²) in [5.74, 6) is -0.208. The van der Waals surface area contributed by atoms with E-state index in [1.54, 1.807) is 13.1 Å². The van der Waals surface area contributed by atoms with Crippen molar-refractivity contribution >= 4 is 39.9 Å². The van der Waals surface area contributed by atoms with E-state index in [0.29, 0.717) is 28.2 Å². The Morgan fingerprint density at radius 2 is 1.66 bits per heavy atom. The number of carbonyl (C=O) groups is 1. The summed E-state index contributed by atoms with van der Waals surface area (Å²) in [6.07, 6.45) is 0. The molecule has 7 heteroatoms. The smallest absolute Gasteiger partial charge is 0.332 e. The van der Waals surface area contributed by atoms with Gasteiger partial charge in [-0.2, -0.15) is 0 Å². The van der Waals surface area contributed by atoms with Gasteiger partial charge in [0.15, 0.2) is 5.78 Å². The Balaban J connectivity index is 1.90. The van der Waals surface area contributed by atoms with Crippen LogP contribution in [-0.2, 0) is 14.1 Å². The van der Waals surface area contributed by atoms with Gasteiger partial charge in [-0.15, -0.1) is 0 Å². The molecule has 0 bridgehead atoms. The van der Waals surface area contributed by atoms with Crippen LogP contribution in [0.5, 0.6) is 0 Å². The van der Waals surface area contributed by atoms with Crippen molar-refractivity contribution in [2.75, 3.05) is 5.32 Å². The van der Waals surface area contributed by atoms with Gasteiger partial charge in [0.1, 0.15) is 5.82 Å². The van der Waals surface area contributed by atoms with Crippen molar-refractivity contribution < 1.29 is 4.79 Å². The molecule has 1 N–H and O–H groups in total. The van der Waals surface area contributed by atoms with E-state index in [-0.39, 0.29) is 5.78 Å². The second-order valence-electron chi connectivity index (χ2n) is 7.24. The molecule has 0 radical (unpaired) electrons. The Morgan fingerprint density at radius 3 is 2.38 bits per heavy atom. The minimum Gasteiger partial charge on any atom is -0.340 e.